The molecular weight excluding hydrogens is 418 g/mol. The Bertz CT molecular complexity index is 1070. The number of carboxylic acids is 1. The van der Waals surface area contributed by atoms with E-state index >= 15 is 0 Å². The van der Waals surface area contributed by atoms with Crippen molar-refractivity contribution < 1.29 is 24.2 Å². The summed E-state index contributed by atoms with van der Waals surface area (Å²) in [7, 11) is 0. The van der Waals surface area contributed by atoms with Crippen molar-refractivity contribution in [2.24, 2.45) is 28.2 Å². The van der Waals surface area contributed by atoms with E-state index in [2.05, 4.69) is 4.99 Å². The lowest BCUT2D eigenvalue weighted by Gasteiger charge is -2.55. The number of esters is 1. The van der Waals surface area contributed by atoms with Gasteiger partial charge < -0.3 is 14.6 Å². The molecule has 0 saturated heterocycles. The third-order valence-corrected chi connectivity index (χ3v) is 7.40. The molecule has 6 nitrogen and oxygen atoms in total. The Morgan fingerprint density at radius 1 is 1.03 bits per heavy atom. The molecule has 4 bridgehead atoms. The number of aliphatic imine (C=N–C) groups is 1. The lowest BCUT2D eigenvalue weighted by molar-refractivity contribution is -0.161. The molecule has 0 heterocycles. The van der Waals surface area contributed by atoms with Crippen LogP contribution in [-0.4, -0.2) is 29.9 Å². The molecule has 2 aromatic rings. The van der Waals surface area contributed by atoms with Gasteiger partial charge in [-0.25, -0.2) is 4.79 Å². The summed E-state index contributed by atoms with van der Waals surface area (Å²) >= 11 is 0. The first-order valence-corrected chi connectivity index (χ1v) is 11.8. The second-order valence-corrected chi connectivity index (χ2v) is 9.84. The smallest absolute Gasteiger partial charge is 0.335 e. The van der Waals surface area contributed by atoms with Crippen LogP contribution in [-0.2, 0) is 4.79 Å². The monoisotopic (exact) mass is 447 g/mol. The van der Waals surface area contributed by atoms with Gasteiger partial charge in [0, 0.05) is 6.21 Å². The second kappa shape index (κ2) is 8.65. The first-order chi connectivity index (χ1) is 15.9. The molecule has 0 aromatic heterocycles. The Hall–Kier alpha value is -3.15. The van der Waals surface area contributed by atoms with Crippen LogP contribution in [0.3, 0.4) is 0 Å². The van der Waals surface area contributed by atoms with Crippen molar-refractivity contribution in [1.29, 1.82) is 0 Å². The molecule has 0 aliphatic heterocycles. The highest BCUT2D eigenvalue weighted by atomic mass is 16.6. The van der Waals surface area contributed by atoms with Crippen LogP contribution in [0.4, 0.5) is 5.69 Å². The van der Waals surface area contributed by atoms with Crippen LogP contribution in [0.1, 0.15) is 61.4 Å². The Morgan fingerprint density at radius 3 is 2.36 bits per heavy atom. The maximum atomic E-state index is 13.4. The van der Waals surface area contributed by atoms with Crippen molar-refractivity contribution >= 4 is 23.8 Å². The van der Waals surface area contributed by atoms with Crippen LogP contribution in [0.15, 0.2) is 47.5 Å². The summed E-state index contributed by atoms with van der Waals surface area (Å²) in [4.78, 5) is 28.9. The van der Waals surface area contributed by atoms with E-state index in [1.807, 2.05) is 13.0 Å². The number of ether oxygens (including phenoxy) is 2. The van der Waals surface area contributed by atoms with Gasteiger partial charge in [0.1, 0.15) is 0 Å². The molecule has 4 saturated carbocycles. The highest BCUT2D eigenvalue weighted by molar-refractivity contribution is 5.89. The number of hydrogen-bond donors (Lipinski definition) is 1. The molecule has 172 valence electrons. The number of carboxylic acid groups (broad SMARTS) is 1. The average molecular weight is 448 g/mol. The lowest BCUT2D eigenvalue weighted by atomic mass is 9.49. The van der Waals surface area contributed by atoms with Crippen LogP contribution in [0.5, 0.6) is 11.5 Å². The highest BCUT2D eigenvalue weighted by Crippen LogP contribution is 2.60. The molecule has 0 amide bonds. The number of benzene rings is 2. The number of aromatic carboxylic acids is 1. The van der Waals surface area contributed by atoms with Crippen molar-refractivity contribution in [3.8, 4) is 11.5 Å². The Kier molecular flexibility index (Phi) is 5.69. The summed E-state index contributed by atoms with van der Waals surface area (Å²) < 4.78 is 11.8. The van der Waals surface area contributed by atoms with E-state index in [0.29, 0.717) is 41.5 Å². The largest absolute Gasteiger partial charge is 0.490 e. The standard InChI is InChI=1S/C27H29NO5/c1-2-32-24-11-17(16-28-22-5-3-4-21(12-22)25(29)30)6-7-23(24)33-26(31)27-13-18-8-19(14-27)10-20(9-18)15-27/h3-7,11-12,16,18-20H,2,8-10,13-15H2,1H3,(H,29,30). The van der Waals surface area contributed by atoms with E-state index < -0.39 is 5.97 Å². The summed E-state index contributed by atoms with van der Waals surface area (Å²) in [6.07, 6.45) is 8.36. The van der Waals surface area contributed by atoms with Gasteiger partial charge in [0.15, 0.2) is 11.5 Å². The lowest BCUT2D eigenvalue weighted by Crippen LogP contribution is -2.51. The van der Waals surface area contributed by atoms with E-state index in [4.69, 9.17) is 14.6 Å². The normalized spacial score (nSPS) is 27.6. The molecule has 0 atom stereocenters. The SMILES string of the molecule is CCOc1cc(C=Nc2cccc(C(=O)O)c2)ccc1OC(=O)C12CC3CC(CC(C3)C1)C2. The van der Waals surface area contributed by atoms with E-state index in [0.717, 1.165) is 24.8 Å². The number of nitrogens with zero attached hydrogens (tertiary/aromatic N) is 1. The van der Waals surface area contributed by atoms with Crippen molar-refractivity contribution in [1.82, 2.24) is 0 Å². The zero-order valence-corrected chi connectivity index (χ0v) is 18.8. The minimum absolute atomic E-state index is 0.102. The zero-order chi connectivity index (χ0) is 23.0. The molecule has 0 radical (unpaired) electrons. The third kappa shape index (κ3) is 4.39. The summed E-state index contributed by atoms with van der Waals surface area (Å²) in [5.74, 6) is 1.89. The van der Waals surface area contributed by atoms with E-state index in [-0.39, 0.29) is 16.9 Å². The van der Waals surface area contributed by atoms with Gasteiger partial charge in [0.05, 0.1) is 23.3 Å². The van der Waals surface area contributed by atoms with Crippen LogP contribution >= 0.6 is 0 Å². The molecule has 0 unspecified atom stereocenters. The molecule has 1 N–H and O–H groups in total. The fraction of sp³-hybridized carbons (Fsp3) is 0.444. The fourth-order valence-electron chi connectivity index (χ4n) is 6.39. The fourth-order valence-corrected chi connectivity index (χ4v) is 6.39. The van der Waals surface area contributed by atoms with Crippen molar-refractivity contribution in [3.05, 3.63) is 53.6 Å². The van der Waals surface area contributed by atoms with Gasteiger partial charge >= 0.3 is 11.9 Å². The van der Waals surface area contributed by atoms with Crippen LogP contribution in [0, 0.1) is 23.2 Å². The van der Waals surface area contributed by atoms with E-state index in [1.165, 1.54) is 31.4 Å². The van der Waals surface area contributed by atoms with Gasteiger partial charge in [-0.15, -0.1) is 0 Å². The molecule has 2 aromatic carbocycles. The third-order valence-electron chi connectivity index (χ3n) is 7.40. The second-order valence-electron chi connectivity index (χ2n) is 9.84. The Labute approximate surface area is 193 Å². The first kappa shape index (κ1) is 21.7. The van der Waals surface area contributed by atoms with Crippen molar-refractivity contribution in [2.45, 2.75) is 45.4 Å². The maximum Gasteiger partial charge on any atom is 0.335 e. The number of rotatable bonds is 7. The number of carbonyl (C=O) groups excluding carboxylic acids is 1. The minimum Gasteiger partial charge on any atom is -0.490 e. The van der Waals surface area contributed by atoms with Gasteiger partial charge in [0.2, 0.25) is 0 Å². The molecule has 4 aliphatic carbocycles. The first-order valence-electron chi connectivity index (χ1n) is 11.8. The Morgan fingerprint density at radius 2 is 1.73 bits per heavy atom. The summed E-state index contributed by atoms with van der Waals surface area (Å²) in [6.45, 7) is 2.34. The van der Waals surface area contributed by atoms with Gasteiger partial charge in [-0.3, -0.25) is 9.79 Å². The molecule has 4 aliphatic rings. The topological polar surface area (TPSA) is 85.2 Å². The zero-order valence-electron chi connectivity index (χ0n) is 18.8. The molecule has 33 heavy (non-hydrogen) atoms. The number of hydrogen-bond acceptors (Lipinski definition) is 5. The number of carbonyl (C=O) groups is 2. The van der Waals surface area contributed by atoms with E-state index in [9.17, 15) is 9.59 Å². The van der Waals surface area contributed by atoms with Gasteiger partial charge in [-0.05, 0) is 105 Å². The summed E-state index contributed by atoms with van der Waals surface area (Å²) in [5.41, 5.74) is 1.18. The van der Waals surface area contributed by atoms with E-state index in [1.54, 1.807) is 30.5 Å². The van der Waals surface area contributed by atoms with Gasteiger partial charge in [-0.1, -0.05) is 6.07 Å². The summed E-state index contributed by atoms with van der Waals surface area (Å²) in [5, 5.41) is 9.15. The van der Waals surface area contributed by atoms with Gasteiger partial charge in [-0.2, -0.15) is 0 Å². The molecular formula is C27H29NO5. The Balaban J connectivity index is 1.34. The van der Waals surface area contributed by atoms with Crippen molar-refractivity contribution in [2.75, 3.05) is 6.61 Å². The van der Waals surface area contributed by atoms with Crippen LogP contribution in [0.2, 0.25) is 0 Å². The average Bonchev–Trinajstić information content (AvgIpc) is 2.78. The summed E-state index contributed by atoms with van der Waals surface area (Å²) in [6, 6.07) is 11.8. The van der Waals surface area contributed by atoms with Crippen molar-refractivity contribution in [3.63, 3.8) is 0 Å². The highest BCUT2D eigenvalue weighted by Gasteiger charge is 2.55. The predicted octanol–water partition coefficient (Wildman–Crippen LogP) is 5.66. The molecule has 6 heteroatoms. The molecule has 6 rings (SSSR count). The molecule has 4 fully saturated rings. The molecule has 0 spiro atoms. The predicted molar refractivity (Wildman–Crippen MR) is 125 cm³/mol. The maximum absolute atomic E-state index is 13.4. The van der Waals surface area contributed by atoms with Crippen LogP contribution in [0.25, 0.3) is 0 Å². The van der Waals surface area contributed by atoms with Gasteiger partial charge in [0.25, 0.3) is 0 Å². The quantitative estimate of drug-likeness (QED) is 0.336. The minimum atomic E-state index is -0.990. The van der Waals surface area contributed by atoms with Crippen LogP contribution < -0.4 is 9.47 Å².